The number of ether oxygens (including phenoxy) is 3. The SMILES string of the molecule is C=C(/C=C\N(C)C1CCC(COP(CCOC(=O)C(C)(C)C)OCOC(=O)C(C)(C)C)O1)NC=O. The first-order chi connectivity index (χ1) is 16.2. The molecule has 35 heavy (non-hydrogen) atoms. The Morgan fingerprint density at radius 1 is 1.09 bits per heavy atom. The zero-order valence-corrected chi connectivity index (χ0v) is 22.9. The molecule has 1 N–H and O–H groups in total. The fraction of sp³-hybridized carbons (Fsp3) is 0.708. The minimum atomic E-state index is -1.47. The van der Waals surface area contributed by atoms with Crippen molar-refractivity contribution < 1.29 is 37.6 Å². The summed E-state index contributed by atoms with van der Waals surface area (Å²) in [6, 6.07) is 0. The molecule has 3 unspecified atom stereocenters. The Labute approximate surface area is 210 Å². The highest BCUT2D eigenvalue weighted by atomic mass is 31.2. The lowest BCUT2D eigenvalue weighted by atomic mass is 9.97. The van der Waals surface area contributed by atoms with Gasteiger partial charge in [0.1, 0.15) is 6.23 Å². The van der Waals surface area contributed by atoms with E-state index in [4.69, 9.17) is 23.3 Å². The van der Waals surface area contributed by atoms with Crippen LogP contribution in [0.3, 0.4) is 0 Å². The van der Waals surface area contributed by atoms with E-state index in [0.29, 0.717) is 24.9 Å². The maximum Gasteiger partial charge on any atom is 0.313 e. The lowest BCUT2D eigenvalue weighted by Gasteiger charge is -2.24. The quantitative estimate of drug-likeness (QED) is 0.121. The van der Waals surface area contributed by atoms with E-state index in [1.807, 2.05) is 11.9 Å². The standard InChI is InChI=1S/C24H41N2O8P/c1-18(25-16-27)11-12-26(8)20-10-9-19(34-20)15-32-35(14-13-30-21(28)23(2,3)4)33-17-31-22(29)24(5,6)7/h11-12,16,19-20H,1,9-10,13-15,17H2,2-8H3,(H,25,27)/b12-11-. The van der Waals surface area contributed by atoms with Crippen LogP contribution in [0.1, 0.15) is 54.4 Å². The van der Waals surface area contributed by atoms with E-state index in [1.54, 1.807) is 53.8 Å². The first-order valence-electron chi connectivity index (χ1n) is 11.6. The van der Waals surface area contributed by atoms with Crippen molar-refractivity contribution in [2.75, 3.05) is 33.2 Å². The monoisotopic (exact) mass is 516 g/mol. The minimum Gasteiger partial charge on any atom is -0.465 e. The molecule has 0 spiro atoms. The molecule has 0 aromatic heterocycles. The van der Waals surface area contributed by atoms with Gasteiger partial charge in [0.2, 0.25) is 6.41 Å². The number of rotatable bonds is 14. The van der Waals surface area contributed by atoms with Gasteiger partial charge in [0.05, 0.1) is 36.3 Å². The maximum absolute atomic E-state index is 12.0. The van der Waals surface area contributed by atoms with Crippen LogP contribution in [0.25, 0.3) is 0 Å². The highest BCUT2D eigenvalue weighted by Crippen LogP contribution is 2.39. The van der Waals surface area contributed by atoms with Crippen LogP contribution >= 0.6 is 8.38 Å². The van der Waals surface area contributed by atoms with Crippen molar-refractivity contribution in [3.05, 3.63) is 24.6 Å². The van der Waals surface area contributed by atoms with E-state index in [1.165, 1.54) is 0 Å². The van der Waals surface area contributed by atoms with Crippen LogP contribution in [0.15, 0.2) is 24.6 Å². The predicted octanol–water partition coefficient (Wildman–Crippen LogP) is 3.68. The van der Waals surface area contributed by atoms with Crippen molar-refractivity contribution in [3.8, 4) is 0 Å². The summed E-state index contributed by atoms with van der Waals surface area (Å²) in [4.78, 5) is 36.4. The molecule has 0 saturated carbocycles. The average molecular weight is 517 g/mol. The molecule has 1 aliphatic rings. The largest absolute Gasteiger partial charge is 0.465 e. The second-order valence-electron chi connectivity index (χ2n) is 10.2. The summed E-state index contributed by atoms with van der Waals surface area (Å²) in [7, 11) is 0.403. The highest BCUT2D eigenvalue weighted by Gasteiger charge is 2.29. The second-order valence-corrected chi connectivity index (χ2v) is 11.9. The Bertz CT molecular complexity index is 713. The van der Waals surface area contributed by atoms with E-state index in [-0.39, 0.29) is 37.7 Å². The smallest absolute Gasteiger partial charge is 0.313 e. The molecule has 1 heterocycles. The molecular weight excluding hydrogens is 475 g/mol. The van der Waals surface area contributed by atoms with E-state index in [2.05, 4.69) is 11.9 Å². The maximum atomic E-state index is 12.0. The van der Waals surface area contributed by atoms with Gasteiger partial charge in [0, 0.05) is 18.9 Å². The van der Waals surface area contributed by atoms with Crippen molar-refractivity contribution in [1.29, 1.82) is 0 Å². The fourth-order valence-electron chi connectivity index (χ4n) is 2.65. The van der Waals surface area contributed by atoms with Gasteiger partial charge in [-0.05, 0) is 60.5 Å². The van der Waals surface area contributed by atoms with Crippen LogP contribution in [0.5, 0.6) is 0 Å². The zero-order chi connectivity index (χ0) is 26.6. The molecule has 1 saturated heterocycles. The topological polar surface area (TPSA) is 113 Å². The number of nitrogens with one attached hydrogen (secondary N) is 1. The molecule has 3 atom stereocenters. The van der Waals surface area contributed by atoms with Gasteiger partial charge in [-0.1, -0.05) is 6.58 Å². The third-order valence-electron chi connectivity index (χ3n) is 4.82. The summed E-state index contributed by atoms with van der Waals surface area (Å²) in [5.41, 5.74) is -0.764. The third-order valence-corrected chi connectivity index (χ3v) is 6.20. The van der Waals surface area contributed by atoms with Crippen molar-refractivity contribution in [3.63, 3.8) is 0 Å². The zero-order valence-electron chi connectivity index (χ0n) is 22.0. The lowest BCUT2D eigenvalue weighted by Crippen LogP contribution is -2.28. The molecule has 1 fully saturated rings. The minimum absolute atomic E-state index is 0.134. The summed E-state index contributed by atoms with van der Waals surface area (Å²) >= 11 is 0. The van der Waals surface area contributed by atoms with Gasteiger partial charge >= 0.3 is 11.9 Å². The molecule has 1 rings (SSSR count). The molecule has 10 nitrogen and oxygen atoms in total. The van der Waals surface area contributed by atoms with Crippen molar-refractivity contribution in [2.45, 2.75) is 66.7 Å². The van der Waals surface area contributed by atoms with Crippen molar-refractivity contribution in [1.82, 2.24) is 10.2 Å². The fourth-order valence-corrected chi connectivity index (χ4v) is 3.73. The number of amides is 1. The van der Waals surface area contributed by atoms with Gasteiger partial charge in [-0.15, -0.1) is 0 Å². The Hall–Kier alpha value is -2.00. The second kappa shape index (κ2) is 14.5. The number of nitrogens with zero attached hydrogens (tertiary/aromatic N) is 1. The molecule has 200 valence electrons. The number of allylic oxidation sites excluding steroid dienone is 1. The van der Waals surface area contributed by atoms with E-state index < -0.39 is 19.2 Å². The molecule has 0 aliphatic carbocycles. The lowest BCUT2D eigenvalue weighted by molar-refractivity contribution is -0.159. The normalized spacial score (nSPS) is 19.3. The Kier molecular flexibility index (Phi) is 12.9. The van der Waals surface area contributed by atoms with Gasteiger partial charge < -0.3 is 29.0 Å². The van der Waals surface area contributed by atoms with E-state index in [9.17, 15) is 14.4 Å². The molecule has 1 amide bonds. The van der Waals surface area contributed by atoms with Crippen LogP contribution in [-0.2, 0) is 37.6 Å². The number of carbonyl (C=O) groups excluding carboxylic acids is 3. The van der Waals surface area contributed by atoms with E-state index in [0.717, 1.165) is 12.8 Å². The van der Waals surface area contributed by atoms with Crippen molar-refractivity contribution in [2.24, 2.45) is 10.8 Å². The number of hydrogen-bond acceptors (Lipinski definition) is 9. The number of esters is 2. The van der Waals surface area contributed by atoms with Crippen LogP contribution in [0.4, 0.5) is 0 Å². The summed E-state index contributed by atoms with van der Waals surface area (Å²) < 4.78 is 28.2. The summed E-state index contributed by atoms with van der Waals surface area (Å²) in [5, 5.41) is 2.47. The molecule has 0 aromatic rings. The van der Waals surface area contributed by atoms with Gasteiger partial charge in [0.15, 0.2) is 15.2 Å². The van der Waals surface area contributed by atoms with Gasteiger partial charge in [-0.25, -0.2) is 0 Å². The van der Waals surface area contributed by atoms with Crippen LogP contribution in [0, 0.1) is 10.8 Å². The first kappa shape index (κ1) is 31.0. The van der Waals surface area contributed by atoms with Crippen LogP contribution in [0.2, 0.25) is 0 Å². The Balaban J connectivity index is 2.57. The first-order valence-corrected chi connectivity index (χ1v) is 12.9. The number of hydrogen-bond donors (Lipinski definition) is 1. The Morgan fingerprint density at radius 3 is 2.31 bits per heavy atom. The number of carbonyl (C=O) groups is 3. The summed E-state index contributed by atoms with van der Waals surface area (Å²) in [5.74, 6) is -0.689. The molecule has 0 radical (unpaired) electrons. The summed E-state index contributed by atoms with van der Waals surface area (Å²) in [6.45, 7) is 14.5. The molecule has 11 heteroatoms. The molecule has 0 bridgehead atoms. The van der Waals surface area contributed by atoms with Crippen LogP contribution < -0.4 is 5.32 Å². The Morgan fingerprint density at radius 2 is 1.71 bits per heavy atom. The van der Waals surface area contributed by atoms with E-state index >= 15 is 0 Å². The van der Waals surface area contributed by atoms with Gasteiger partial charge in [-0.2, -0.15) is 0 Å². The molecule has 0 aromatic carbocycles. The molecular formula is C24H41N2O8P. The third kappa shape index (κ3) is 12.5. The van der Waals surface area contributed by atoms with Gasteiger partial charge in [-0.3, -0.25) is 18.9 Å². The highest BCUT2D eigenvalue weighted by molar-refractivity contribution is 7.47. The average Bonchev–Trinajstić information content (AvgIpc) is 3.23. The van der Waals surface area contributed by atoms with Crippen LogP contribution in [-0.4, -0.2) is 68.8 Å². The summed E-state index contributed by atoms with van der Waals surface area (Å²) in [6.07, 6.45) is 5.69. The van der Waals surface area contributed by atoms with Gasteiger partial charge in [0.25, 0.3) is 0 Å². The predicted molar refractivity (Wildman–Crippen MR) is 133 cm³/mol. The van der Waals surface area contributed by atoms with Crippen molar-refractivity contribution >= 4 is 26.7 Å². The molecule has 1 aliphatic heterocycles.